The van der Waals surface area contributed by atoms with E-state index in [1.54, 1.807) is 12.1 Å². The van der Waals surface area contributed by atoms with Crippen molar-refractivity contribution in [2.45, 2.75) is 0 Å². The number of amides is 4. The number of hydrazine groups is 2. The smallest absolute Gasteiger partial charge is 0.276 e. The van der Waals surface area contributed by atoms with E-state index in [2.05, 4.69) is 32.3 Å². The zero-order valence-electron chi connectivity index (χ0n) is 24.2. The molecule has 4 amide bonds. The van der Waals surface area contributed by atoms with Crippen LogP contribution in [0.1, 0.15) is 0 Å². The summed E-state index contributed by atoms with van der Waals surface area (Å²) in [5.41, 5.74) is 9.24. The van der Waals surface area contributed by atoms with Gasteiger partial charge >= 0.3 is 0 Å². The van der Waals surface area contributed by atoms with E-state index in [9.17, 15) is 19.2 Å². The van der Waals surface area contributed by atoms with E-state index in [4.69, 9.17) is 89.8 Å². The Kier molecular flexibility index (Phi) is 15.5. The van der Waals surface area contributed by atoms with Gasteiger partial charge in [0.25, 0.3) is 23.6 Å². The second-order valence-corrected chi connectivity index (χ2v) is 11.4. The molecular weight excluding hydrogens is 754 g/mol. The molecule has 0 aliphatic rings. The van der Waals surface area contributed by atoms with Gasteiger partial charge in [0.2, 0.25) is 0 Å². The van der Waals surface area contributed by atoms with Crippen LogP contribution in [0.4, 0.5) is 0 Å². The van der Waals surface area contributed by atoms with E-state index in [1.165, 1.54) is 48.5 Å². The molecule has 0 unspecified atom stereocenters. The Morgan fingerprint density at radius 3 is 1.21 bits per heavy atom. The minimum absolute atomic E-state index is 0.186. The average molecular weight is 778 g/mol. The van der Waals surface area contributed by atoms with E-state index in [-0.39, 0.29) is 45.0 Å². The van der Waals surface area contributed by atoms with Crippen molar-refractivity contribution in [2.24, 2.45) is 0 Å². The molecule has 0 saturated carbocycles. The average Bonchev–Trinajstić information content (AvgIpc) is 3.04. The van der Waals surface area contributed by atoms with Gasteiger partial charge in [0.15, 0.2) is 36.7 Å². The van der Waals surface area contributed by atoms with Crippen molar-refractivity contribution in [3.8, 4) is 23.0 Å². The van der Waals surface area contributed by atoms with Gasteiger partial charge in [0, 0.05) is 10.0 Å². The Hall–Kier alpha value is -4.32. The summed E-state index contributed by atoms with van der Waals surface area (Å²) in [6, 6.07) is 15.1. The number of hydrogen-bond donors (Lipinski definition) is 6. The van der Waals surface area contributed by atoms with Crippen LogP contribution in [0.2, 0.25) is 20.1 Å². The standard InChI is InChI=1S/C28H24Cl4N6O8S2/c29-15-1-7-21(19(31)9-15)45-13-25(41)35-37-27(47)33-23(39)11-43-17-3-5-18(6-4-17)44-12-24(40)34-28(48)38-36-26(42)14-46-22-8-2-16(30)10-20(22)32/h1-10H,11-14H2,(H,35,41)(H,36,42)(H2,33,37,39,47)(H2,34,38,40,48). The van der Waals surface area contributed by atoms with E-state index < -0.39 is 36.8 Å². The van der Waals surface area contributed by atoms with Gasteiger partial charge in [-0.2, -0.15) is 0 Å². The summed E-state index contributed by atoms with van der Waals surface area (Å²) in [4.78, 5) is 48.1. The van der Waals surface area contributed by atoms with Crippen molar-refractivity contribution in [3.05, 3.63) is 80.8 Å². The van der Waals surface area contributed by atoms with Crippen LogP contribution in [-0.4, -0.2) is 60.3 Å². The Balaban J connectivity index is 1.26. The predicted octanol–water partition coefficient (Wildman–Crippen LogP) is 3.26. The van der Waals surface area contributed by atoms with Crippen LogP contribution < -0.4 is 51.3 Å². The lowest BCUT2D eigenvalue weighted by Crippen LogP contribution is -2.50. The first-order valence-corrected chi connectivity index (χ1v) is 15.5. The first-order valence-electron chi connectivity index (χ1n) is 13.2. The lowest BCUT2D eigenvalue weighted by molar-refractivity contribution is -0.124. The normalized spacial score (nSPS) is 10.1. The number of nitrogens with one attached hydrogen (secondary N) is 6. The van der Waals surface area contributed by atoms with E-state index >= 15 is 0 Å². The minimum atomic E-state index is -0.609. The molecule has 6 N–H and O–H groups in total. The number of carbonyl (C=O) groups excluding carboxylic acids is 4. The molecule has 0 saturated heterocycles. The van der Waals surface area contributed by atoms with Gasteiger partial charge in [-0.05, 0) is 85.1 Å². The topological polar surface area (TPSA) is 177 Å². The van der Waals surface area contributed by atoms with Crippen LogP contribution >= 0.6 is 70.8 Å². The summed E-state index contributed by atoms with van der Waals surface area (Å²) in [7, 11) is 0. The second kappa shape index (κ2) is 19.5. The second-order valence-electron chi connectivity index (χ2n) is 8.88. The molecule has 0 aliphatic heterocycles. The van der Waals surface area contributed by atoms with Gasteiger partial charge in [0.05, 0.1) is 10.0 Å². The summed E-state index contributed by atoms with van der Waals surface area (Å²) >= 11 is 33.5. The molecule has 0 radical (unpaired) electrons. The monoisotopic (exact) mass is 776 g/mol. The number of benzene rings is 3. The fraction of sp³-hybridized carbons (Fsp3) is 0.143. The number of rotatable bonds is 12. The van der Waals surface area contributed by atoms with Crippen molar-refractivity contribution in [1.29, 1.82) is 0 Å². The summed E-state index contributed by atoms with van der Waals surface area (Å²) in [6.07, 6.45) is 0. The van der Waals surface area contributed by atoms with Crippen molar-refractivity contribution < 1.29 is 38.1 Å². The number of hydrogen-bond acceptors (Lipinski definition) is 10. The highest BCUT2D eigenvalue weighted by Crippen LogP contribution is 2.28. The Morgan fingerprint density at radius 1 is 0.500 bits per heavy atom. The maximum Gasteiger partial charge on any atom is 0.276 e. The highest BCUT2D eigenvalue weighted by molar-refractivity contribution is 7.80. The lowest BCUT2D eigenvalue weighted by atomic mass is 10.3. The molecule has 0 heterocycles. The van der Waals surface area contributed by atoms with Gasteiger partial charge in [-0.1, -0.05) is 46.4 Å². The quantitative estimate of drug-likeness (QED) is 0.117. The lowest BCUT2D eigenvalue weighted by Gasteiger charge is -2.13. The molecule has 3 rings (SSSR count). The molecule has 3 aromatic rings. The third-order valence-corrected chi connectivity index (χ3v) is 6.67. The molecule has 3 aromatic carbocycles. The molecule has 0 spiro atoms. The van der Waals surface area contributed by atoms with E-state index in [1.807, 2.05) is 0 Å². The van der Waals surface area contributed by atoms with Crippen LogP contribution in [0.3, 0.4) is 0 Å². The molecule has 14 nitrogen and oxygen atoms in total. The number of ether oxygens (including phenoxy) is 4. The molecule has 0 aliphatic carbocycles. The maximum absolute atomic E-state index is 12.1. The highest BCUT2D eigenvalue weighted by atomic mass is 35.5. The largest absolute Gasteiger partial charge is 0.484 e. The van der Waals surface area contributed by atoms with Crippen molar-refractivity contribution >= 4 is 105 Å². The van der Waals surface area contributed by atoms with E-state index in [0.29, 0.717) is 21.5 Å². The van der Waals surface area contributed by atoms with Crippen LogP contribution in [0.5, 0.6) is 23.0 Å². The number of carbonyl (C=O) groups is 4. The first kappa shape index (κ1) is 38.1. The fourth-order valence-electron chi connectivity index (χ4n) is 3.11. The van der Waals surface area contributed by atoms with Crippen LogP contribution in [0.25, 0.3) is 0 Å². The minimum Gasteiger partial charge on any atom is -0.484 e. The van der Waals surface area contributed by atoms with Crippen molar-refractivity contribution in [3.63, 3.8) is 0 Å². The molecule has 20 heteroatoms. The SMILES string of the molecule is O=C(COc1ccc(Cl)cc1Cl)NNC(=S)NC(=O)COc1ccc(OCC(=O)NC(=S)NNC(=O)COc2ccc(Cl)cc2Cl)cc1. The summed E-state index contributed by atoms with van der Waals surface area (Å²) in [6.45, 7) is -1.58. The Morgan fingerprint density at radius 2 is 0.854 bits per heavy atom. The zero-order chi connectivity index (χ0) is 35.1. The Labute approximate surface area is 303 Å². The molecule has 0 aromatic heterocycles. The first-order chi connectivity index (χ1) is 22.9. The number of halogens is 4. The molecule has 0 bridgehead atoms. The van der Waals surface area contributed by atoms with Gasteiger partial charge in [-0.25, -0.2) is 0 Å². The molecule has 254 valence electrons. The van der Waals surface area contributed by atoms with Crippen LogP contribution in [-0.2, 0) is 19.2 Å². The Bertz CT molecular complexity index is 1550. The van der Waals surface area contributed by atoms with Crippen molar-refractivity contribution in [2.75, 3.05) is 26.4 Å². The van der Waals surface area contributed by atoms with Crippen LogP contribution in [0.15, 0.2) is 60.7 Å². The molecule has 0 fully saturated rings. The third-order valence-electron chi connectivity index (χ3n) is 5.21. The van der Waals surface area contributed by atoms with Gasteiger partial charge < -0.3 is 18.9 Å². The third kappa shape index (κ3) is 14.2. The predicted molar refractivity (Wildman–Crippen MR) is 185 cm³/mol. The maximum atomic E-state index is 12.1. The van der Waals surface area contributed by atoms with Gasteiger partial charge in [-0.15, -0.1) is 0 Å². The summed E-state index contributed by atoms with van der Waals surface area (Å²) in [5, 5.41) is 5.59. The highest BCUT2D eigenvalue weighted by Gasteiger charge is 2.11. The van der Waals surface area contributed by atoms with Crippen molar-refractivity contribution in [1.82, 2.24) is 32.3 Å². The summed E-state index contributed by atoms with van der Waals surface area (Å²) in [5.74, 6) is -1.26. The fourth-order valence-corrected chi connectivity index (χ4v) is 4.37. The van der Waals surface area contributed by atoms with Crippen LogP contribution in [0, 0.1) is 0 Å². The van der Waals surface area contributed by atoms with E-state index in [0.717, 1.165) is 0 Å². The van der Waals surface area contributed by atoms with Gasteiger partial charge in [-0.3, -0.25) is 51.5 Å². The zero-order valence-corrected chi connectivity index (χ0v) is 28.9. The molecular formula is C28H24Cl4N6O8S2. The number of thiocarbonyl (C=S) groups is 2. The molecule has 48 heavy (non-hydrogen) atoms. The van der Waals surface area contributed by atoms with Gasteiger partial charge in [0.1, 0.15) is 23.0 Å². The summed E-state index contributed by atoms with van der Waals surface area (Å²) < 4.78 is 21.4. The molecule has 0 atom stereocenters.